The van der Waals surface area contributed by atoms with Crippen LogP contribution >= 0.6 is 23.4 Å². The number of aromatic nitrogens is 2. The molecule has 1 aromatic rings. The molecule has 0 radical (unpaired) electrons. The number of thioether (sulfide) groups is 1. The summed E-state index contributed by atoms with van der Waals surface area (Å²) in [5.74, 6) is -1.54. The molecule has 6 nitrogen and oxygen atoms in total. The molecule has 1 aliphatic heterocycles. The van der Waals surface area contributed by atoms with Gasteiger partial charge in [0.1, 0.15) is 6.04 Å². The molecule has 0 saturated carbocycles. The number of nitrogens with zero attached hydrogens (tertiary/aromatic N) is 3. The first-order valence-corrected chi connectivity index (χ1v) is 8.16. The summed E-state index contributed by atoms with van der Waals surface area (Å²) in [4.78, 5) is 33.5. The van der Waals surface area contributed by atoms with Crippen molar-refractivity contribution in [3.05, 3.63) is 16.9 Å². The van der Waals surface area contributed by atoms with Gasteiger partial charge in [-0.3, -0.25) is 4.79 Å². The Labute approximate surface area is 131 Å². The van der Waals surface area contributed by atoms with Gasteiger partial charge in [-0.1, -0.05) is 30.3 Å². The SMILES string of the molecule is CSc1ncc(Cl)c(C(=O)N2CCCC(C)C2C(=O)O)n1. The molecule has 1 N–H and O–H groups in total. The molecule has 2 rings (SSSR count). The second-order valence-electron chi connectivity index (χ2n) is 4.95. The van der Waals surface area contributed by atoms with E-state index in [1.807, 2.05) is 6.92 Å². The van der Waals surface area contributed by atoms with Crippen molar-refractivity contribution in [2.45, 2.75) is 31.0 Å². The van der Waals surface area contributed by atoms with E-state index in [-0.39, 0.29) is 16.6 Å². The zero-order valence-corrected chi connectivity index (χ0v) is 13.3. The molecule has 8 heteroatoms. The van der Waals surface area contributed by atoms with Crippen LogP contribution in [-0.4, -0.2) is 50.7 Å². The number of amides is 1. The predicted octanol–water partition coefficient (Wildman–Crippen LogP) is 2.18. The lowest BCUT2D eigenvalue weighted by atomic mass is 9.90. The predicted molar refractivity (Wildman–Crippen MR) is 79.7 cm³/mol. The number of carboxylic acids is 1. The first-order chi connectivity index (χ1) is 9.95. The molecule has 2 heterocycles. The summed E-state index contributed by atoms with van der Waals surface area (Å²) in [6.07, 6.45) is 4.72. The monoisotopic (exact) mass is 329 g/mol. The van der Waals surface area contributed by atoms with Crippen molar-refractivity contribution in [2.75, 3.05) is 12.8 Å². The summed E-state index contributed by atoms with van der Waals surface area (Å²) in [5.41, 5.74) is 0.0661. The molecule has 0 aromatic carbocycles. The van der Waals surface area contributed by atoms with Crippen LogP contribution in [0.3, 0.4) is 0 Å². The number of halogens is 1. The molecule has 0 aliphatic carbocycles. The third kappa shape index (κ3) is 3.29. The highest BCUT2D eigenvalue weighted by Crippen LogP contribution is 2.27. The van der Waals surface area contributed by atoms with Gasteiger partial charge in [-0.2, -0.15) is 0 Å². The van der Waals surface area contributed by atoms with Crippen LogP contribution in [-0.2, 0) is 4.79 Å². The standard InChI is InChI=1S/C13H16ClN3O3S/c1-7-4-3-5-17(10(7)12(19)20)11(18)9-8(14)6-15-13(16-9)21-2/h6-7,10H,3-5H2,1-2H3,(H,19,20). The molecule has 114 valence electrons. The van der Waals surface area contributed by atoms with E-state index in [1.54, 1.807) is 6.26 Å². The highest BCUT2D eigenvalue weighted by molar-refractivity contribution is 7.98. The molecule has 1 aliphatic rings. The van der Waals surface area contributed by atoms with Crippen molar-refractivity contribution >= 4 is 35.2 Å². The van der Waals surface area contributed by atoms with Gasteiger partial charge in [-0.25, -0.2) is 14.8 Å². The third-order valence-corrected chi connectivity index (χ3v) is 4.39. The van der Waals surface area contributed by atoms with E-state index in [2.05, 4.69) is 9.97 Å². The Bertz CT molecular complexity index is 570. The number of hydrogen-bond acceptors (Lipinski definition) is 5. The summed E-state index contributed by atoms with van der Waals surface area (Å²) in [7, 11) is 0. The number of carbonyl (C=O) groups is 2. The molecule has 1 aromatic heterocycles. The fourth-order valence-corrected chi connectivity index (χ4v) is 3.04. The maximum Gasteiger partial charge on any atom is 0.326 e. The Morgan fingerprint density at radius 3 is 2.86 bits per heavy atom. The first kappa shape index (κ1) is 16.0. The van der Waals surface area contributed by atoms with Crippen molar-refractivity contribution in [1.29, 1.82) is 0 Å². The fourth-order valence-electron chi connectivity index (χ4n) is 2.53. The van der Waals surface area contributed by atoms with Crippen LogP contribution in [0.25, 0.3) is 0 Å². The van der Waals surface area contributed by atoms with E-state index in [4.69, 9.17) is 11.6 Å². The number of likely N-dealkylation sites (tertiary alicyclic amines) is 1. The average molecular weight is 330 g/mol. The van der Waals surface area contributed by atoms with Gasteiger partial charge in [-0.05, 0) is 25.0 Å². The number of carbonyl (C=O) groups excluding carboxylic acids is 1. The Hall–Kier alpha value is -1.34. The van der Waals surface area contributed by atoms with Crippen LogP contribution in [0, 0.1) is 5.92 Å². The lowest BCUT2D eigenvalue weighted by Gasteiger charge is -2.37. The van der Waals surface area contributed by atoms with Crippen molar-refractivity contribution in [3.63, 3.8) is 0 Å². The zero-order valence-electron chi connectivity index (χ0n) is 11.7. The molecule has 2 unspecified atom stereocenters. The van der Waals surface area contributed by atoms with Crippen LogP contribution in [0.2, 0.25) is 5.02 Å². The van der Waals surface area contributed by atoms with Gasteiger partial charge in [0.2, 0.25) is 0 Å². The molecule has 1 fully saturated rings. The largest absolute Gasteiger partial charge is 0.480 e. The summed E-state index contributed by atoms with van der Waals surface area (Å²) < 4.78 is 0. The Balaban J connectivity index is 2.35. The molecule has 1 saturated heterocycles. The lowest BCUT2D eigenvalue weighted by molar-refractivity contribution is -0.145. The number of rotatable bonds is 3. The zero-order chi connectivity index (χ0) is 15.6. The van der Waals surface area contributed by atoms with Gasteiger partial charge in [0.25, 0.3) is 5.91 Å². The summed E-state index contributed by atoms with van der Waals surface area (Å²) >= 11 is 7.30. The number of aliphatic carboxylic acids is 1. The molecule has 1 amide bonds. The van der Waals surface area contributed by atoms with Crippen molar-refractivity contribution in [2.24, 2.45) is 5.92 Å². The molecule has 2 atom stereocenters. The first-order valence-electron chi connectivity index (χ1n) is 6.56. The van der Waals surface area contributed by atoms with Gasteiger partial charge in [0, 0.05) is 6.54 Å². The Kier molecular flexibility index (Phi) is 5.05. The number of hydrogen-bond donors (Lipinski definition) is 1. The van der Waals surface area contributed by atoms with E-state index in [1.165, 1.54) is 22.9 Å². The maximum atomic E-state index is 12.6. The van der Waals surface area contributed by atoms with E-state index >= 15 is 0 Å². The highest BCUT2D eigenvalue weighted by atomic mass is 35.5. The molecule has 0 bridgehead atoms. The Morgan fingerprint density at radius 2 is 2.24 bits per heavy atom. The van der Waals surface area contributed by atoms with Crippen molar-refractivity contribution < 1.29 is 14.7 Å². The van der Waals surface area contributed by atoms with Crippen molar-refractivity contribution in [3.8, 4) is 0 Å². The Morgan fingerprint density at radius 1 is 1.52 bits per heavy atom. The highest BCUT2D eigenvalue weighted by Gasteiger charge is 2.38. The second-order valence-corrected chi connectivity index (χ2v) is 6.13. The van der Waals surface area contributed by atoms with Gasteiger partial charge in [-0.15, -0.1) is 0 Å². The summed E-state index contributed by atoms with van der Waals surface area (Å²) in [6, 6.07) is -0.838. The molecular weight excluding hydrogens is 314 g/mol. The van der Waals surface area contributed by atoms with Crippen LogP contribution in [0.5, 0.6) is 0 Å². The fraction of sp³-hybridized carbons (Fsp3) is 0.538. The average Bonchev–Trinajstić information content (AvgIpc) is 2.46. The minimum Gasteiger partial charge on any atom is -0.480 e. The number of carboxylic acid groups (broad SMARTS) is 1. The second kappa shape index (κ2) is 6.62. The topological polar surface area (TPSA) is 83.4 Å². The van der Waals surface area contributed by atoms with Crippen molar-refractivity contribution in [1.82, 2.24) is 14.9 Å². The lowest BCUT2D eigenvalue weighted by Crippen LogP contribution is -2.52. The van der Waals surface area contributed by atoms with Crippen LogP contribution < -0.4 is 0 Å². The van der Waals surface area contributed by atoms with E-state index in [9.17, 15) is 14.7 Å². The molecule has 21 heavy (non-hydrogen) atoms. The van der Waals surface area contributed by atoms with Gasteiger partial charge >= 0.3 is 5.97 Å². The van der Waals surface area contributed by atoms with E-state index in [0.717, 1.165) is 12.8 Å². The number of piperidine rings is 1. The summed E-state index contributed by atoms with van der Waals surface area (Å²) in [5, 5.41) is 9.95. The third-order valence-electron chi connectivity index (χ3n) is 3.55. The quantitative estimate of drug-likeness (QED) is 0.676. The molecule has 0 spiro atoms. The van der Waals surface area contributed by atoms with Gasteiger partial charge in [0.15, 0.2) is 10.9 Å². The van der Waals surface area contributed by atoms with Crippen LogP contribution in [0.15, 0.2) is 11.4 Å². The van der Waals surface area contributed by atoms with Crippen LogP contribution in [0.4, 0.5) is 0 Å². The smallest absolute Gasteiger partial charge is 0.326 e. The minimum atomic E-state index is -0.995. The van der Waals surface area contributed by atoms with E-state index < -0.39 is 17.9 Å². The van der Waals surface area contributed by atoms with Gasteiger partial charge in [0.05, 0.1) is 11.2 Å². The summed E-state index contributed by atoms with van der Waals surface area (Å²) in [6.45, 7) is 2.24. The maximum absolute atomic E-state index is 12.6. The van der Waals surface area contributed by atoms with E-state index in [0.29, 0.717) is 11.7 Å². The molecular formula is C13H16ClN3O3S. The van der Waals surface area contributed by atoms with Crippen LogP contribution in [0.1, 0.15) is 30.3 Å². The normalized spacial score (nSPS) is 22.1. The van der Waals surface area contributed by atoms with Gasteiger partial charge < -0.3 is 10.0 Å². The minimum absolute atomic E-state index is 0.0661.